The lowest BCUT2D eigenvalue weighted by Crippen LogP contribution is -2.46. The van der Waals surface area contributed by atoms with E-state index < -0.39 is 0 Å². The quantitative estimate of drug-likeness (QED) is 0.769. The van der Waals surface area contributed by atoms with Gasteiger partial charge in [-0.1, -0.05) is 31.7 Å². The maximum absolute atomic E-state index is 13.4. The van der Waals surface area contributed by atoms with E-state index in [-0.39, 0.29) is 17.4 Å². The minimum Gasteiger partial charge on any atom is -0.353 e. The number of thiophene rings is 1. The molecule has 28 heavy (non-hydrogen) atoms. The minimum atomic E-state index is -0.300. The molecule has 0 bridgehead atoms. The normalized spacial score (nSPS) is 21.3. The Morgan fingerprint density at radius 3 is 2.46 bits per heavy atom. The second-order valence-corrected chi connectivity index (χ2v) is 9.43. The van der Waals surface area contributed by atoms with Gasteiger partial charge in [-0.25, -0.2) is 0 Å². The van der Waals surface area contributed by atoms with Gasteiger partial charge >= 0.3 is 0 Å². The average Bonchev–Trinajstić information content (AvgIpc) is 3.43. The first kappa shape index (κ1) is 19.7. The van der Waals surface area contributed by atoms with Crippen LogP contribution >= 0.6 is 11.3 Å². The van der Waals surface area contributed by atoms with Crippen LogP contribution in [0.2, 0.25) is 0 Å². The first-order valence-electron chi connectivity index (χ1n) is 10.9. The molecular formula is C23H33N3OS. The van der Waals surface area contributed by atoms with Gasteiger partial charge in [-0.3, -0.25) is 9.69 Å². The number of hydrogen-bond acceptors (Lipinski definition) is 3. The summed E-state index contributed by atoms with van der Waals surface area (Å²) in [6.45, 7) is 2.95. The fourth-order valence-electron chi connectivity index (χ4n) is 5.12. The molecule has 1 atom stereocenters. The summed E-state index contributed by atoms with van der Waals surface area (Å²) in [6, 6.07) is 8.82. The molecule has 1 amide bonds. The lowest BCUT2D eigenvalue weighted by molar-refractivity contribution is -0.126. The number of nitrogens with zero attached hydrogens (tertiary/aromatic N) is 2. The molecule has 0 spiro atoms. The highest BCUT2D eigenvalue weighted by Gasteiger charge is 2.43. The van der Waals surface area contributed by atoms with E-state index in [2.05, 4.69) is 57.7 Å². The van der Waals surface area contributed by atoms with E-state index in [1.165, 1.54) is 36.3 Å². The third-order valence-electron chi connectivity index (χ3n) is 6.75. The second kappa shape index (κ2) is 8.83. The molecule has 1 aliphatic heterocycles. The standard InChI is InChI=1S/C23H33N3OS/c1-25-14-8-10-19(25)20(26-15-6-2-3-7-16-26)18-24-22(27)23(12-4-5-13-23)21-11-9-17-28-21/h8-11,14,17,20H,2-7,12-13,15-16,18H2,1H3,(H,24,27). The van der Waals surface area contributed by atoms with Crippen molar-refractivity contribution in [3.05, 3.63) is 46.4 Å². The first-order chi connectivity index (χ1) is 13.7. The van der Waals surface area contributed by atoms with E-state index in [1.54, 1.807) is 11.3 Å². The Morgan fingerprint density at radius 1 is 1.11 bits per heavy atom. The van der Waals surface area contributed by atoms with Crippen LogP contribution in [0.4, 0.5) is 0 Å². The number of hydrogen-bond donors (Lipinski definition) is 1. The van der Waals surface area contributed by atoms with E-state index in [0.717, 1.165) is 38.8 Å². The summed E-state index contributed by atoms with van der Waals surface area (Å²) in [6.07, 6.45) is 11.6. The summed E-state index contributed by atoms with van der Waals surface area (Å²) < 4.78 is 2.21. The van der Waals surface area contributed by atoms with Crippen molar-refractivity contribution in [2.45, 2.75) is 62.8 Å². The Morgan fingerprint density at radius 2 is 1.86 bits per heavy atom. The number of nitrogens with one attached hydrogen (secondary N) is 1. The van der Waals surface area contributed by atoms with Crippen LogP contribution in [0.3, 0.4) is 0 Å². The number of aromatic nitrogens is 1. The summed E-state index contributed by atoms with van der Waals surface area (Å²) in [5.74, 6) is 0.237. The van der Waals surface area contributed by atoms with Crippen molar-refractivity contribution >= 4 is 17.2 Å². The van der Waals surface area contributed by atoms with E-state index in [9.17, 15) is 4.79 Å². The molecule has 1 unspecified atom stereocenters. The molecule has 2 fully saturated rings. The van der Waals surface area contributed by atoms with E-state index in [1.807, 2.05) is 0 Å². The average molecular weight is 400 g/mol. The molecule has 4 nitrogen and oxygen atoms in total. The summed E-state index contributed by atoms with van der Waals surface area (Å²) >= 11 is 1.74. The Hall–Kier alpha value is -1.59. The van der Waals surface area contributed by atoms with Crippen LogP contribution in [0, 0.1) is 0 Å². The molecule has 0 aromatic carbocycles. The SMILES string of the molecule is Cn1cccc1C(CNC(=O)C1(c2cccs2)CCCC1)N1CCCCCC1. The topological polar surface area (TPSA) is 37.3 Å². The maximum Gasteiger partial charge on any atom is 0.231 e. The number of carbonyl (C=O) groups is 1. The number of carbonyl (C=O) groups excluding carboxylic acids is 1. The van der Waals surface area contributed by atoms with Gasteiger partial charge in [0, 0.05) is 30.4 Å². The predicted octanol–water partition coefficient (Wildman–Crippen LogP) is 4.63. The predicted molar refractivity (Wildman–Crippen MR) is 116 cm³/mol. The fraction of sp³-hybridized carbons (Fsp3) is 0.609. The van der Waals surface area contributed by atoms with Crippen LogP contribution in [0.25, 0.3) is 0 Å². The molecule has 5 heteroatoms. The molecule has 1 saturated heterocycles. The van der Waals surface area contributed by atoms with Gasteiger partial charge in [0.2, 0.25) is 5.91 Å². The lowest BCUT2D eigenvalue weighted by atomic mass is 9.83. The zero-order chi connectivity index (χ0) is 19.4. The Balaban J connectivity index is 1.52. The minimum absolute atomic E-state index is 0.237. The first-order valence-corrected chi connectivity index (χ1v) is 11.8. The third-order valence-corrected chi connectivity index (χ3v) is 7.82. The number of amides is 1. The summed E-state index contributed by atoms with van der Waals surface area (Å²) in [5.41, 5.74) is 1.00. The molecule has 3 heterocycles. The van der Waals surface area contributed by atoms with Gasteiger partial charge in [0.25, 0.3) is 0 Å². The molecule has 0 radical (unpaired) electrons. The lowest BCUT2D eigenvalue weighted by Gasteiger charge is -2.33. The van der Waals surface area contributed by atoms with Crippen LogP contribution in [0.15, 0.2) is 35.8 Å². The Labute approximate surface area is 172 Å². The van der Waals surface area contributed by atoms with Crippen LogP contribution in [-0.2, 0) is 17.3 Å². The van der Waals surface area contributed by atoms with Crippen molar-refractivity contribution in [2.75, 3.05) is 19.6 Å². The van der Waals surface area contributed by atoms with Crippen molar-refractivity contribution in [3.63, 3.8) is 0 Å². The molecule has 2 aromatic rings. The number of aryl methyl sites for hydroxylation is 1. The van der Waals surface area contributed by atoms with E-state index in [4.69, 9.17) is 0 Å². The maximum atomic E-state index is 13.4. The molecule has 2 aliphatic rings. The molecule has 2 aromatic heterocycles. The summed E-state index contributed by atoms with van der Waals surface area (Å²) in [4.78, 5) is 17.3. The van der Waals surface area contributed by atoms with Gasteiger partial charge in [-0.05, 0) is 62.4 Å². The third kappa shape index (κ3) is 3.92. The van der Waals surface area contributed by atoms with E-state index >= 15 is 0 Å². The van der Waals surface area contributed by atoms with E-state index in [0.29, 0.717) is 6.54 Å². The van der Waals surface area contributed by atoms with Crippen molar-refractivity contribution < 1.29 is 4.79 Å². The van der Waals surface area contributed by atoms with Crippen LogP contribution in [0.1, 0.15) is 68.0 Å². The van der Waals surface area contributed by atoms with Crippen molar-refractivity contribution in [1.29, 1.82) is 0 Å². The molecule has 152 valence electrons. The molecule has 1 N–H and O–H groups in total. The smallest absolute Gasteiger partial charge is 0.231 e. The van der Waals surface area contributed by atoms with Crippen molar-refractivity contribution in [1.82, 2.24) is 14.8 Å². The zero-order valence-corrected chi connectivity index (χ0v) is 17.8. The highest BCUT2D eigenvalue weighted by atomic mass is 32.1. The highest BCUT2D eigenvalue weighted by molar-refractivity contribution is 7.10. The number of likely N-dealkylation sites (tertiary alicyclic amines) is 1. The van der Waals surface area contributed by atoms with Gasteiger partial charge in [-0.15, -0.1) is 11.3 Å². The van der Waals surface area contributed by atoms with Crippen LogP contribution in [-0.4, -0.2) is 35.0 Å². The summed E-state index contributed by atoms with van der Waals surface area (Å²) in [5, 5.41) is 5.50. The summed E-state index contributed by atoms with van der Waals surface area (Å²) in [7, 11) is 2.12. The highest BCUT2D eigenvalue weighted by Crippen LogP contribution is 2.43. The molecule has 4 rings (SSSR count). The van der Waals surface area contributed by atoms with Gasteiger partial charge in [0.1, 0.15) is 0 Å². The largest absolute Gasteiger partial charge is 0.353 e. The van der Waals surface area contributed by atoms with Gasteiger partial charge in [-0.2, -0.15) is 0 Å². The van der Waals surface area contributed by atoms with Crippen molar-refractivity contribution in [2.24, 2.45) is 7.05 Å². The fourth-order valence-corrected chi connectivity index (χ4v) is 6.10. The van der Waals surface area contributed by atoms with Crippen molar-refractivity contribution in [3.8, 4) is 0 Å². The number of rotatable bonds is 6. The molecule has 1 aliphatic carbocycles. The van der Waals surface area contributed by atoms with Gasteiger partial charge in [0.05, 0.1) is 11.5 Å². The van der Waals surface area contributed by atoms with Gasteiger partial charge < -0.3 is 9.88 Å². The second-order valence-electron chi connectivity index (χ2n) is 8.49. The Bertz CT molecular complexity index is 753. The van der Waals surface area contributed by atoms with Gasteiger partial charge in [0.15, 0.2) is 0 Å². The monoisotopic (exact) mass is 399 g/mol. The van der Waals surface area contributed by atoms with Crippen LogP contribution < -0.4 is 5.32 Å². The molecular weight excluding hydrogens is 366 g/mol. The zero-order valence-electron chi connectivity index (χ0n) is 17.0. The van der Waals surface area contributed by atoms with Crippen LogP contribution in [0.5, 0.6) is 0 Å². The molecule has 1 saturated carbocycles. The Kier molecular flexibility index (Phi) is 6.22.